The van der Waals surface area contributed by atoms with E-state index in [1.54, 1.807) is 20.0 Å². The Labute approximate surface area is 152 Å². The molecule has 2 heterocycles. The number of nitrogens with one attached hydrogen (secondary N) is 1. The molecule has 140 valence electrons. The first-order valence-corrected chi connectivity index (χ1v) is 9.97. The van der Waals surface area contributed by atoms with Crippen LogP contribution in [-0.4, -0.2) is 36.3 Å². The van der Waals surface area contributed by atoms with Gasteiger partial charge >= 0.3 is 0 Å². The fourth-order valence-corrected chi connectivity index (χ4v) is 4.65. The van der Waals surface area contributed by atoms with E-state index in [4.69, 9.17) is 0 Å². The van der Waals surface area contributed by atoms with Gasteiger partial charge in [0.05, 0.1) is 5.69 Å². The Balaban J connectivity index is 1.84. The number of carbonyl (C=O) groups is 1. The number of benzene rings is 1. The molecule has 1 N–H and O–H groups in total. The minimum Gasteiger partial charge on any atom is -0.345 e. The van der Waals surface area contributed by atoms with Crippen molar-refractivity contribution in [1.29, 1.82) is 0 Å². The summed E-state index contributed by atoms with van der Waals surface area (Å²) in [7, 11) is -2.03. The average molecular weight is 379 g/mol. The Hall–Kier alpha value is -2.19. The molecule has 1 amide bonds. The Morgan fingerprint density at radius 1 is 1.15 bits per heavy atom. The Morgan fingerprint density at radius 3 is 2.50 bits per heavy atom. The Morgan fingerprint density at radius 2 is 1.85 bits per heavy atom. The van der Waals surface area contributed by atoms with Crippen LogP contribution in [0, 0.1) is 12.7 Å². The van der Waals surface area contributed by atoms with E-state index < -0.39 is 21.7 Å². The van der Waals surface area contributed by atoms with Crippen molar-refractivity contribution in [3.05, 3.63) is 47.5 Å². The number of hydrogen-bond acceptors (Lipinski definition) is 3. The number of halogens is 1. The average Bonchev–Trinajstić information content (AvgIpc) is 3.01. The van der Waals surface area contributed by atoms with Crippen LogP contribution in [0.4, 0.5) is 10.1 Å². The van der Waals surface area contributed by atoms with Gasteiger partial charge in [-0.05, 0) is 43.5 Å². The molecule has 0 atom stereocenters. The van der Waals surface area contributed by atoms with Crippen LogP contribution in [0.5, 0.6) is 0 Å². The molecule has 0 unspecified atom stereocenters. The van der Waals surface area contributed by atoms with E-state index in [9.17, 15) is 17.6 Å². The second kappa shape index (κ2) is 7.20. The minimum atomic E-state index is -3.63. The molecule has 0 radical (unpaired) electrons. The van der Waals surface area contributed by atoms with E-state index in [1.807, 2.05) is 0 Å². The van der Waals surface area contributed by atoms with Crippen LogP contribution in [0.1, 0.15) is 35.3 Å². The molecule has 0 aliphatic carbocycles. The fraction of sp³-hybridized carbons (Fsp3) is 0.389. The van der Waals surface area contributed by atoms with Gasteiger partial charge in [-0.15, -0.1) is 0 Å². The van der Waals surface area contributed by atoms with Crippen LogP contribution in [-0.2, 0) is 17.1 Å². The van der Waals surface area contributed by atoms with E-state index in [0.717, 1.165) is 24.8 Å². The molecule has 1 saturated heterocycles. The van der Waals surface area contributed by atoms with Crippen LogP contribution >= 0.6 is 0 Å². The molecule has 0 saturated carbocycles. The number of piperidine rings is 1. The number of anilines is 1. The maximum absolute atomic E-state index is 13.9. The second-order valence-electron chi connectivity index (χ2n) is 6.57. The molecule has 1 aliphatic heterocycles. The maximum atomic E-state index is 13.9. The highest BCUT2D eigenvalue weighted by Crippen LogP contribution is 2.23. The van der Waals surface area contributed by atoms with Crippen molar-refractivity contribution >= 4 is 21.6 Å². The van der Waals surface area contributed by atoms with Crippen molar-refractivity contribution in [2.75, 3.05) is 18.4 Å². The molecule has 8 heteroatoms. The fourth-order valence-electron chi connectivity index (χ4n) is 3.06. The summed E-state index contributed by atoms with van der Waals surface area (Å²) in [5.74, 6) is -1.09. The molecule has 0 spiro atoms. The van der Waals surface area contributed by atoms with Gasteiger partial charge < -0.3 is 9.88 Å². The SMILES string of the molecule is Cc1ccc(NC(=O)c2cc(S(=O)(=O)N3CCCCC3)cn2C)c(F)c1. The Bertz CT molecular complexity index is 931. The predicted molar refractivity (Wildman–Crippen MR) is 97.1 cm³/mol. The topological polar surface area (TPSA) is 71.4 Å². The highest BCUT2D eigenvalue weighted by Gasteiger charge is 2.28. The van der Waals surface area contributed by atoms with Gasteiger partial charge in [-0.3, -0.25) is 4.79 Å². The van der Waals surface area contributed by atoms with Crippen molar-refractivity contribution in [3.63, 3.8) is 0 Å². The summed E-state index contributed by atoms with van der Waals surface area (Å²) in [4.78, 5) is 12.6. The summed E-state index contributed by atoms with van der Waals surface area (Å²) in [6.45, 7) is 2.74. The zero-order chi connectivity index (χ0) is 18.9. The lowest BCUT2D eigenvalue weighted by Crippen LogP contribution is -2.35. The second-order valence-corrected chi connectivity index (χ2v) is 8.51. The van der Waals surface area contributed by atoms with Crippen LogP contribution in [0.3, 0.4) is 0 Å². The molecular formula is C18H22FN3O3S. The van der Waals surface area contributed by atoms with Crippen LogP contribution in [0.2, 0.25) is 0 Å². The summed E-state index contributed by atoms with van der Waals surface area (Å²) in [5.41, 5.74) is 0.956. The summed E-state index contributed by atoms with van der Waals surface area (Å²) >= 11 is 0. The highest BCUT2D eigenvalue weighted by molar-refractivity contribution is 7.89. The smallest absolute Gasteiger partial charge is 0.272 e. The standard InChI is InChI=1S/C18H22FN3O3S/c1-13-6-7-16(15(19)10-13)20-18(23)17-11-14(12-21(17)2)26(24,25)22-8-4-3-5-9-22/h6-7,10-12H,3-5,8-9H2,1-2H3,(H,20,23). The molecule has 1 aromatic heterocycles. The highest BCUT2D eigenvalue weighted by atomic mass is 32.2. The molecule has 1 aromatic carbocycles. The number of carbonyl (C=O) groups excluding carboxylic acids is 1. The summed E-state index contributed by atoms with van der Waals surface area (Å²) in [5, 5.41) is 2.50. The molecule has 6 nitrogen and oxygen atoms in total. The number of sulfonamides is 1. The molecule has 26 heavy (non-hydrogen) atoms. The molecule has 1 fully saturated rings. The van der Waals surface area contributed by atoms with Gasteiger partial charge in [0.25, 0.3) is 5.91 Å². The van der Waals surface area contributed by atoms with Gasteiger partial charge in [-0.25, -0.2) is 12.8 Å². The number of aryl methyl sites for hydroxylation is 2. The molecule has 0 bridgehead atoms. The third-order valence-electron chi connectivity index (χ3n) is 4.54. The third-order valence-corrected chi connectivity index (χ3v) is 6.40. The largest absolute Gasteiger partial charge is 0.345 e. The van der Waals surface area contributed by atoms with Gasteiger partial charge in [0.15, 0.2) is 0 Å². The summed E-state index contributed by atoms with van der Waals surface area (Å²) < 4.78 is 42.3. The van der Waals surface area contributed by atoms with Crippen molar-refractivity contribution in [3.8, 4) is 0 Å². The Kier molecular flexibility index (Phi) is 5.15. The maximum Gasteiger partial charge on any atom is 0.272 e. The van der Waals surface area contributed by atoms with Crippen molar-refractivity contribution < 1.29 is 17.6 Å². The lowest BCUT2D eigenvalue weighted by atomic mass is 10.2. The van der Waals surface area contributed by atoms with E-state index in [0.29, 0.717) is 13.1 Å². The lowest BCUT2D eigenvalue weighted by Gasteiger charge is -2.25. The lowest BCUT2D eigenvalue weighted by molar-refractivity contribution is 0.101. The zero-order valence-corrected chi connectivity index (χ0v) is 15.6. The van der Waals surface area contributed by atoms with E-state index >= 15 is 0 Å². The van der Waals surface area contributed by atoms with Crippen LogP contribution in [0.15, 0.2) is 35.4 Å². The first-order chi connectivity index (χ1) is 12.3. The molecule has 1 aliphatic rings. The molecule has 3 rings (SSSR count). The number of nitrogens with zero attached hydrogens (tertiary/aromatic N) is 2. The minimum absolute atomic E-state index is 0.0576. The first-order valence-electron chi connectivity index (χ1n) is 8.53. The van der Waals surface area contributed by atoms with E-state index in [2.05, 4.69) is 5.32 Å². The predicted octanol–water partition coefficient (Wildman–Crippen LogP) is 2.90. The third kappa shape index (κ3) is 3.66. The monoisotopic (exact) mass is 379 g/mol. The number of rotatable bonds is 4. The molecular weight excluding hydrogens is 357 g/mol. The summed E-state index contributed by atoms with van der Waals surface area (Å²) in [6, 6.07) is 5.84. The normalized spacial score (nSPS) is 15.8. The van der Waals surface area contributed by atoms with Crippen LogP contribution in [0.25, 0.3) is 0 Å². The van der Waals surface area contributed by atoms with E-state index in [-0.39, 0.29) is 16.3 Å². The quantitative estimate of drug-likeness (QED) is 0.888. The number of amides is 1. The zero-order valence-electron chi connectivity index (χ0n) is 14.8. The van der Waals surface area contributed by atoms with Gasteiger partial charge in [0.1, 0.15) is 16.4 Å². The van der Waals surface area contributed by atoms with Crippen molar-refractivity contribution in [2.24, 2.45) is 7.05 Å². The van der Waals surface area contributed by atoms with Crippen LogP contribution < -0.4 is 5.32 Å². The van der Waals surface area contributed by atoms with E-state index in [1.165, 1.54) is 33.3 Å². The van der Waals surface area contributed by atoms with Gasteiger partial charge in [0, 0.05) is 26.3 Å². The van der Waals surface area contributed by atoms with Gasteiger partial charge in [-0.1, -0.05) is 12.5 Å². The number of hydrogen-bond donors (Lipinski definition) is 1. The van der Waals surface area contributed by atoms with Gasteiger partial charge in [-0.2, -0.15) is 4.31 Å². The van der Waals surface area contributed by atoms with Gasteiger partial charge in [0.2, 0.25) is 10.0 Å². The summed E-state index contributed by atoms with van der Waals surface area (Å²) in [6.07, 6.45) is 4.12. The number of aromatic nitrogens is 1. The van der Waals surface area contributed by atoms with Crippen molar-refractivity contribution in [1.82, 2.24) is 8.87 Å². The van der Waals surface area contributed by atoms with Crippen molar-refractivity contribution in [2.45, 2.75) is 31.1 Å². The first kappa shape index (κ1) is 18.6. The molecule has 2 aromatic rings.